The van der Waals surface area contributed by atoms with Crippen LogP contribution in [-0.2, 0) is 4.74 Å². The first kappa shape index (κ1) is 21.3. The van der Waals surface area contributed by atoms with E-state index in [4.69, 9.17) is 9.47 Å². The van der Waals surface area contributed by atoms with Gasteiger partial charge in [-0.1, -0.05) is 39.2 Å². The average Bonchev–Trinajstić information content (AvgIpc) is 3.10. The van der Waals surface area contributed by atoms with Crippen LogP contribution < -0.4 is 4.74 Å². The van der Waals surface area contributed by atoms with Gasteiger partial charge in [0.1, 0.15) is 12.2 Å². The van der Waals surface area contributed by atoms with E-state index in [1.54, 1.807) is 0 Å². The first-order valence-corrected chi connectivity index (χ1v) is 11.0. The summed E-state index contributed by atoms with van der Waals surface area (Å²) in [6, 6.07) is 0. The van der Waals surface area contributed by atoms with Gasteiger partial charge in [-0.15, -0.1) is 4.37 Å². The van der Waals surface area contributed by atoms with Crippen LogP contribution in [0.2, 0.25) is 0 Å². The summed E-state index contributed by atoms with van der Waals surface area (Å²) >= 11 is 1.25. The van der Waals surface area contributed by atoms with Crippen molar-refractivity contribution in [2.45, 2.75) is 71.9 Å². The number of hydrogen-bond donors (Lipinski definition) is 0. The van der Waals surface area contributed by atoms with Gasteiger partial charge in [0.2, 0.25) is 0 Å². The Kier molecular flexibility index (Phi) is 9.02. The molecule has 0 spiro atoms. The third-order valence-electron chi connectivity index (χ3n) is 5.15. The van der Waals surface area contributed by atoms with Crippen molar-refractivity contribution < 1.29 is 14.0 Å². The lowest BCUT2D eigenvalue weighted by Crippen LogP contribution is -2.56. The van der Waals surface area contributed by atoms with Crippen LogP contribution in [0.5, 0.6) is 5.88 Å². The van der Waals surface area contributed by atoms with Gasteiger partial charge in [-0.3, -0.25) is 4.48 Å². The molecule has 1 aromatic rings. The lowest BCUT2D eigenvalue weighted by atomic mass is 10.0. The van der Waals surface area contributed by atoms with Crippen molar-refractivity contribution in [1.29, 1.82) is 0 Å². The molecule has 0 bridgehead atoms. The molecule has 1 aliphatic rings. The maximum absolute atomic E-state index is 6.10. The van der Waals surface area contributed by atoms with Crippen LogP contribution in [0.4, 0.5) is 0 Å². The van der Waals surface area contributed by atoms with Crippen LogP contribution >= 0.6 is 11.7 Å². The zero-order valence-corrected chi connectivity index (χ0v) is 17.8. The quantitative estimate of drug-likeness (QED) is 0.381. The van der Waals surface area contributed by atoms with Crippen LogP contribution in [0.15, 0.2) is 6.08 Å². The van der Waals surface area contributed by atoms with E-state index in [9.17, 15) is 0 Å². The molecule has 0 aliphatic carbocycles. The Bertz CT molecular complexity index is 555. The van der Waals surface area contributed by atoms with Crippen molar-refractivity contribution in [3.63, 3.8) is 0 Å². The lowest BCUT2D eigenvalue weighted by molar-refractivity contribution is -0.949. The maximum atomic E-state index is 6.10. The number of likely N-dealkylation sites (N-methyl/N-ethyl adjacent to an activating group) is 1. The molecule has 2 atom stereocenters. The molecular formula is C20H36N3O2S+. The second kappa shape index (κ2) is 11.0. The number of aromatic nitrogens is 2. The Balaban J connectivity index is 2.03. The fourth-order valence-electron chi connectivity index (χ4n) is 3.67. The molecule has 148 valence electrons. The first-order valence-electron chi connectivity index (χ1n) is 10.2. The molecule has 26 heavy (non-hydrogen) atoms. The molecule has 0 N–H and O–H groups in total. The van der Waals surface area contributed by atoms with Crippen molar-refractivity contribution >= 4 is 17.3 Å². The van der Waals surface area contributed by atoms with Crippen LogP contribution in [0.25, 0.3) is 5.57 Å². The summed E-state index contributed by atoms with van der Waals surface area (Å²) in [4.78, 5) is 0. The van der Waals surface area contributed by atoms with Gasteiger partial charge in [0.15, 0.2) is 6.23 Å². The number of ether oxygens (including phenoxy) is 2. The van der Waals surface area contributed by atoms with Gasteiger partial charge in [-0.25, -0.2) is 0 Å². The van der Waals surface area contributed by atoms with Crippen LogP contribution in [0, 0.1) is 0 Å². The summed E-state index contributed by atoms with van der Waals surface area (Å²) < 4.78 is 21.9. The highest BCUT2D eigenvalue weighted by Crippen LogP contribution is 2.32. The minimum absolute atomic E-state index is 0.249. The molecule has 0 saturated carbocycles. The van der Waals surface area contributed by atoms with Crippen molar-refractivity contribution in [3.05, 3.63) is 11.8 Å². The molecule has 2 heterocycles. The van der Waals surface area contributed by atoms with Gasteiger partial charge in [0.05, 0.1) is 38.5 Å². The molecule has 2 unspecified atom stereocenters. The number of nitrogens with zero attached hydrogens (tertiary/aromatic N) is 3. The van der Waals surface area contributed by atoms with Gasteiger partial charge >= 0.3 is 0 Å². The topological polar surface area (TPSA) is 44.2 Å². The molecule has 0 saturated heterocycles. The summed E-state index contributed by atoms with van der Waals surface area (Å²) in [5.74, 6) is 0.717. The maximum Gasteiger partial charge on any atom is 0.253 e. The Morgan fingerprint density at radius 2 is 2.00 bits per heavy atom. The molecule has 5 nitrogen and oxygen atoms in total. The van der Waals surface area contributed by atoms with Gasteiger partial charge in [-0.05, 0) is 19.8 Å². The molecule has 1 aliphatic heterocycles. The van der Waals surface area contributed by atoms with Crippen LogP contribution in [0.3, 0.4) is 0 Å². The van der Waals surface area contributed by atoms with E-state index in [1.165, 1.54) is 36.6 Å². The second-order valence-corrected chi connectivity index (χ2v) is 7.93. The number of quaternary nitrogens is 1. The third-order valence-corrected chi connectivity index (χ3v) is 5.66. The van der Waals surface area contributed by atoms with Gasteiger partial charge in [-0.2, -0.15) is 4.37 Å². The predicted octanol–water partition coefficient (Wildman–Crippen LogP) is 4.89. The molecule has 0 amide bonds. The fraction of sp³-hybridized carbons (Fsp3) is 0.800. The summed E-state index contributed by atoms with van der Waals surface area (Å²) in [7, 11) is 2.31. The highest BCUT2D eigenvalue weighted by molar-refractivity contribution is 6.99. The smallest absolute Gasteiger partial charge is 0.253 e. The van der Waals surface area contributed by atoms with Crippen LogP contribution in [-0.4, -0.2) is 52.8 Å². The first-order chi connectivity index (χ1) is 12.6. The average molecular weight is 383 g/mol. The fourth-order valence-corrected chi connectivity index (χ4v) is 4.20. The summed E-state index contributed by atoms with van der Waals surface area (Å²) in [6.45, 7) is 10.1. The minimum atomic E-state index is 0.249. The summed E-state index contributed by atoms with van der Waals surface area (Å²) in [5.41, 5.74) is 2.21. The van der Waals surface area contributed by atoms with E-state index in [0.29, 0.717) is 0 Å². The Morgan fingerprint density at radius 3 is 2.73 bits per heavy atom. The van der Waals surface area contributed by atoms with E-state index >= 15 is 0 Å². The van der Waals surface area contributed by atoms with E-state index in [-0.39, 0.29) is 6.23 Å². The Hall–Kier alpha value is -0.980. The predicted molar refractivity (Wildman–Crippen MR) is 108 cm³/mol. The van der Waals surface area contributed by atoms with Gasteiger partial charge in [0.25, 0.3) is 5.88 Å². The number of hydrogen-bond acceptors (Lipinski definition) is 5. The zero-order valence-electron chi connectivity index (χ0n) is 17.0. The lowest BCUT2D eigenvalue weighted by Gasteiger charge is -2.43. The summed E-state index contributed by atoms with van der Waals surface area (Å²) in [5, 5.41) is 0. The van der Waals surface area contributed by atoms with Crippen LogP contribution in [0.1, 0.15) is 71.4 Å². The van der Waals surface area contributed by atoms with Gasteiger partial charge < -0.3 is 9.47 Å². The van der Waals surface area contributed by atoms with Gasteiger partial charge in [0, 0.05) is 18.4 Å². The minimum Gasteiger partial charge on any atom is -0.475 e. The molecule has 0 fully saturated rings. The van der Waals surface area contributed by atoms with Crippen molar-refractivity contribution in [3.8, 4) is 5.88 Å². The highest BCUT2D eigenvalue weighted by atomic mass is 32.1. The SMILES string of the molecule is CCCCCCOc1nsnc1C1=CCC[N+](C)(C(CCC)OCC)C1. The molecule has 0 aromatic carbocycles. The molecular weight excluding hydrogens is 346 g/mol. The number of rotatable bonds is 12. The van der Waals surface area contributed by atoms with Crippen molar-refractivity contribution in [2.24, 2.45) is 0 Å². The summed E-state index contributed by atoms with van der Waals surface area (Å²) in [6.07, 6.45) is 10.7. The standard InChI is InChI=1S/C20H36N3O2S/c1-5-8-9-10-15-25-20-19(21-26-22-20)17-13-11-14-23(4,16-17)18(12-6-2)24-7-3/h13,18H,5-12,14-16H2,1-4H3/q+1. The van der Waals surface area contributed by atoms with E-state index in [1.807, 2.05) is 0 Å². The van der Waals surface area contributed by atoms with E-state index in [0.717, 1.165) is 68.0 Å². The third kappa shape index (κ3) is 5.76. The van der Waals surface area contributed by atoms with E-state index < -0.39 is 0 Å². The second-order valence-electron chi connectivity index (χ2n) is 7.40. The molecule has 1 aromatic heterocycles. The van der Waals surface area contributed by atoms with Crippen molar-refractivity contribution in [2.75, 3.05) is 33.4 Å². The zero-order chi connectivity index (χ0) is 18.8. The Labute approximate surface area is 163 Å². The van der Waals surface area contributed by atoms with Crippen molar-refractivity contribution in [1.82, 2.24) is 8.75 Å². The normalized spacial score (nSPS) is 21.5. The molecule has 2 rings (SSSR count). The number of unbranched alkanes of at least 4 members (excludes halogenated alkanes) is 3. The largest absolute Gasteiger partial charge is 0.475 e. The highest BCUT2D eigenvalue weighted by Gasteiger charge is 2.37. The molecule has 6 heteroatoms. The van der Waals surface area contributed by atoms with E-state index in [2.05, 4.69) is 42.6 Å². The Morgan fingerprint density at radius 1 is 1.15 bits per heavy atom. The molecule has 0 radical (unpaired) electrons. The monoisotopic (exact) mass is 382 g/mol.